The molecule has 2 amide bonds. The van der Waals surface area contributed by atoms with Gasteiger partial charge in [0.25, 0.3) is 5.91 Å². The number of halogens is 1. The molecule has 1 aliphatic heterocycles. The van der Waals surface area contributed by atoms with Crippen molar-refractivity contribution in [1.82, 2.24) is 0 Å². The number of aliphatic hydroxyl groups is 2. The second-order valence-electron chi connectivity index (χ2n) is 8.15. The lowest BCUT2D eigenvalue weighted by atomic mass is 10.0. The normalized spacial score (nSPS) is 12.5. The molecule has 180 valence electrons. The Morgan fingerprint density at radius 1 is 1.03 bits per heavy atom. The third kappa shape index (κ3) is 6.91. The lowest BCUT2D eigenvalue weighted by molar-refractivity contribution is -0.892. The number of aliphatic hydroxyl groups excluding tert-OH is 2. The van der Waals surface area contributed by atoms with Crippen LogP contribution >= 0.6 is 0 Å². The number of carbonyl (C=O) groups excluding carboxylic acids is 2. The van der Waals surface area contributed by atoms with E-state index in [-0.39, 0.29) is 44.2 Å². The molecule has 0 atom stereocenters. The number of aryl methyl sites for hydroxylation is 2. The third-order valence-corrected chi connectivity index (χ3v) is 5.39. The summed E-state index contributed by atoms with van der Waals surface area (Å²) in [4.78, 5) is 28.1. The number of ether oxygens (including phenoxy) is 1. The van der Waals surface area contributed by atoms with Gasteiger partial charge < -0.3 is 32.3 Å². The summed E-state index contributed by atoms with van der Waals surface area (Å²) >= 11 is 0. The molecule has 0 saturated carbocycles. The van der Waals surface area contributed by atoms with Crippen molar-refractivity contribution in [2.24, 2.45) is 0 Å². The first-order chi connectivity index (χ1) is 15.4. The minimum absolute atomic E-state index is 0. The van der Waals surface area contributed by atoms with Gasteiger partial charge in [-0.15, -0.1) is 0 Å². The highest BCUT2D eigenvalue weighted by Crippen LogP contribution is 2.37. The summed E-state index contributed by atoms with van der Waals surface area (Å²) < 4.78 is 5.18. The van der Waals surface area contributed by atoms with Crippen LogP contribution < -0.4 is 27.5 Å². The van der Waals surface area contributed by atoms with E-state index in [0.29, 0.717) is 18.8 Å². The molecule has 3 rings (SSSR count). The van der Waals surface area contributed by atoms with Crippen LogP contribution in [0.4, 0.5) is 21.9 Å². The van der Waals surface area contributed by atoms with Crippen molar-refractivity contribution in [3.05, 3.63) is 53.6 Å². The first-order valence-electron chi connectivity index (χ1n) is 11.0. The average Bonchev–Trinajstić information content (AvgIpc) is 2.90. The molecule has 0 aliphatic carbocycles. The number of hydrogen-bond donors (Lipinski definition) is 4. The largest absolute Gasteiger partial charge is 1.00 e. The van der Waals surface area contributed by atoms with Crippen molar-refractivity contribution >= 4 is 29.1 Å². The molecule has 1 aliphatic rings. The maximum absolute atomic E-state index is 13.5. The van der Waals surface area contributed by atoms with E-state index in [2.05, 4.69) is 5.32 Å². The van der Waals surface area contributed by atoms with Crippen molar-refractivity contribution in [1.29, 1.82) is 0 Å². The van der Waals surface area contributed by atoms with E-state index in [0.717, 1.165) is 40.2 Å². The van der Waals surface area contributed by atoms with Crippen LogP contribution in [0.1, 0.15) is 25.0 Å². The van der Waals surface area contributed by atoms with Gasteiger partial charge in [0.15, 0.2) is 6.54 Å². The molecule has 0 aromatic heterocycles. The van der Waals surface area contributed by atoms with Crippen molar-refractivity contribution < 1.29 is 41.8 Å². The lowest BCUT2D eigenvalue weighted by Crippen LogP contribution is -3.14. The number of quaternary nitrogens is 1. The molecule has 2 aromatic rings. The number of carbonyl (C=O) groups is 2. The minimum Gasteiger partial charge on any atom is -1.00 e. The van der Waals surface area contributed by atoms with Crippen LogP contribution in [0.3, 0.4) is 0 Å². The van der Waals surface area contributed by atoms with Crippen LogP contribution in [0.25, 0.3) is 0 Å². The molecule has 0 bridgehead atoms. The molecule has 0 saturated heterocycles. The maximum Gasteiger partial charge on any atom is 0.411 e. The highest BCUT2D eigenvalue weighted by atomic mass is 35.5. The molecule has 33 heavy (non-hydrogen) atoms. The molecule has 9 heteroatoms. The van der Waals surface area contributed by atoms with Gasteiger partial charge in [0, 0.05) is 5.69 Å². The number of hydrogen-bond acceptors (Lipinski definition) is 5. The first kappa shape index (κ1) is 26.6. The van der Waals surface area contributed by atoms with Gasteiger partial charge in [-0.2, -0.15) is 0 Å². The number of rotatable bonds is 8. The Morgan fingerprint density at radius 3 is 2.30 bits per heavy atom. The zero-order valence-corrected chi connectivity index (χ0v) is 19.8. The Morgan fingerprint density at radius 2 is 1.67 bits per heavy atom. The quantitative estimate of drug-likeness (QED) is 0.362. The predicted molar refractivity (Wildman–Crippen MR) is 122 cm³/mol. The van der Waals surface area contributed by atoms with Crippen LogP contribution in [-0.2, 0) is 22.4 Å². The maximum atomic E-state index is 13.5. The Labute approximate surface area is 200 Å². The van der Waals surface area contributed by atoms with E-state index in [4.69, 9.17) is 4.74 Å². The minimum atomic E-state index is -0.548. The molecule has 0 spiro atoms. The van der Waals surface area contributed by atoms with E-state index in [1.54, 1.807) is 24.8 Å². The summed E-state index contributed by atoms with van der Waals surface area (Å²) in [5, 5.41) is 21.4. The van der Waals surface area contributed by atoms with Gasteiger partial charge in [-0.25, -0.2) is 4.79 Å². The van der Waals surface area contributed by atoms with E-state index in [1.165, 1.54) is 0 Å². The Balaban J connectivity index is 0.00000385. The summed E-state index contributed by atoms with van der Waals surface area (Å²) in [5.41, 5.74) is 4.14. The lowest BCUT2D eigenvalue weighted by Gasteiger charge is -2.27. The molecule has 2 aromatic carbocycles. The van der Waals surface area contributed by atoms with Crippen molar-refractivity contribution in [2.45, 2.75) is 32.8 Å². The number of nitrogens with one attached hydrogen (secondary N) is 2. The Hall–Kier alpha value is -2.65. The van der Waals surface area contributed by atoms with Crippen LogP contribution in [-0.4, -0.2) is 61.2 Å². The molecule has 1 heterocycles. The third-order valence-electron chi connectivity index (χ3n) is 5.39. The molecule has 0 fully saturated rings. The second kappa shape index (κ2) is 12.6. The van der Waals surface area contributed by atoms with E-state index in [1.807, 2.05) is 36.4 Å². The average molecular weight is 478 g/mol. The number of amides is 2. The highest BCUT2D eigenvalue weighted by molar-refractivity contribution is 6.03. The van der Waals surface area contributed by atoms with Gasteiger partial charge in [0.05, 0.1) is 30.7 Å². The zero-order valence-electron chi connectivity index (χ0n) is 19.0. The number of anilines is 3. The van der Waals surface area contributed by atoms with Gasteiger partial charge in [0.2, 0.25) is 0 Å². The van der Waals surface area contributed by atoms with Gasteiger partial charge in [-0.1, -0.05) is 24.3 Å². The van der Waals surface area contributed by atoms with Crippen LogP contribution in [0, 0.1) is 0 Å². The topological polar surface area (TPSA) is 104 Å². The van der Waals surface area contributed by atoms with Gasteiger partial charge in [-0.05, 0) is 56.0 Å². The molecular weight excluding hydrogens is 446 g/mol. The molecule has 0 unspecified atom stereocenters. The van der Waals surface area contributed by atoms with E-state index in [9.17, 15) is 19.8 Å². The fourth-order valence-electron chi connectivity index (χ4n) is 3.94. The number of benzene rings is 2. The van der Waals surface area contributed by atoms with Crippen molar-refractivity contribution in [3.63, 3.8) is 0 Å². The van der Waals surface area contributed by atoms with Gasteiger partial charge in [-0.3, -0.25) is 15.0 Å². The van der Waals surface area contributed by atoms with E-state index < -0.39 is 6.09 Å². The molecule has 8 nitrogen and oxygen atoms in total. The predicted octanol–water partition coefficient (Wildman–Crippen LogP) is -1.72. The number of para-hydroxylation sites is 1. The summed E-state index contributed by atoms with van der Waals surface area (Å²) in [6.07, 6.45) is 0.761. The van der Waals surface area contributed by atoms with Crippen molar-refractivity contribution in [2.75, 3.05) is 43.1 Å². The summed E-state index contributed by atoms with van der Waals surface area (Å²) in [5.74, 6) is -0.139. The van der Waals surface area contributed by atoms with Crippen molar-refractivity contribution in [3.8, 4) is 0 Å². The Bertz CT molecular complexity index is 947. The first-order valence-corrected chi connectivity index (χ1v) is 11.0. The standard InChI is InChI=1S/C24H31N3O5.ClH/c1-17(2)32-24(31)25-20-10-9-19-8-7-18-5-3-4-6-21(18)27(22(19)15-20)23(30)16-26(11-13-28)12-14-29;/h3-6,9-10,15,17,28-29H,7-8,11-14,16H2,1-2H3,(H,25,31);1H. The fraction of sp³-hybridized carbons (Fsp3) is 0.417. The second-order valence-corrected chi connectivity index (χ2v) is 8.15. The molecule has 4 N–H and O–H groups in total. The Kier molecular flexibility index (Phi) is 10.1. The van der Waals surface area contributed by atoms with Crippen LogP contribution in [0.2, 0.25) is 0 Å². The van der Waals surface area contributed by atoms with Crippen LogP contribution in [0.15, 0.2) is 42.5 Å². The fourth-order valence-corrected chi connectivity index (χ4v) is 3.94. The van der Waals surface area contributed by atoms with E-state index >= 15 is 0 Å². The van der Waals surface area contributed by atoms with Gasteiger partial charge >= 0.3 is 6.09 Å². The van der Waals surface area contributed by atoms with Gasteiger partial charge in [0.1, 0.15) is 13.1 Å². The smallest absolute Gasteiger partial charge is 0.411 e. The van der Waals surface area contributed by atoms with Crippen LogP contribution in [0.5, 0.6) is 0 Å². The number of fused-ring (bicyclic) bond motifs is 2. The molecular formula is C24H32ClN3O5. The molecule has 0 radical (unpaired) electrons. The highest BCUT2D eigenvalue weighted by Gasteiger charge is 2.28. The zero-order chi connectivity index (χ0) is 23.1. The summed E-state index contributed by atoms with van der Waals surface area (Å²) in [6, 6.07) is 13.3. The SMILES string of the molecule is CC(C)OC(=O)Nc1ccc2c(c1)N(C(=O)C[NH+](CCO)CCO)c1ccccc1CC2.[Cl-]. The monoisotopic (exact) mass is 477 g/mol. The summed E-state index contributed by atoms with van der Waals surface area (Å²) in [7, 11) is 0. The number of nitrogens with zero attached hydrogens (tertiary/aromatic N) is 1. The summed E-state index contributed by atoms with van der Waals surface area (Å²) in [6.45, 7) is 4.29.